The summed E-state index contributed by atoms with van der Waals surface area (Å²) in [6.45, 7) is 5.46. The van der Waals surface area contributed by atoms with Gasteiger partial charge in [0.1, 0.15) is 17.2 Å². The Kier molecular flexibility index (Phi) is 7.47. The number of carbonyl (C=O) groups excluding carboxylic acids is 2. The number of aromatic nitrogens is 1. The Balaban J connectivity index is 1.99. The number of anilines is 4. The first-order chi connectivity index (χ1) is 17.7. The predicted octanol–water partition coefficient (Wildman–Crippen LogP) is 5.37. The number of carbonyl (C=O) groups is 2. The Hall–Kier alpha value is -3.94. The van der Waals surface area contributed by atoms with Crippen molar-refractivity contribution in [2.75, 3.05) is 17.3 Å². The molecule has 194 valence electrons. The minimum atomic E-state index is -0.511. The fourth-order valence-electron chi connectivity index (χ4n) is 4.62. The minimum absolute atomic E-state index is 0.0828. The van der Waals surface area contributed by atoms with E-state index in [9.17, 15) is 18.8 Å². The molecule has 1 heterocycles. The molecule has 8 heteroatoms. The number of nitrogens with zero attached hydrogens (tertiary/aromatic N) is 3. The van der Waals surface area contributed by atoms with Crippen LogP contribution in [0.25, 0.3) is 0 Å². The molecule has 1 aliphatic rings. The van der Waals surface area contributed by atoms with E-state index in [0.29, 0.717) is 12.1 Å². The molecule has 0 saturated heterocycles. The molecule has 0 bridgehead atoms. The summed E-state index contributed by atoms with van der Waals surface area (Å²) in [5, 5.41) is 3.00. The summed E-state index contributed by atoms with van der Waals surface area (Å²) in [6.07, 6.45) is 4.15. The van der Waals surface area contributed by atoms with Gasteiger partial charge in [0.15, 0.2) is 0 Å². The summed E-state index contributed by atoms with van der Waals surface area (Å²) in [4.78, 5) is 43.0. The van der Waals surface area contributed by atoms with Crippen molar-refractivity contribution in [3.8, 4) is 0 Å². The zero-order chi connectivity index (χ0) is 26.9. The van der Waals surface area contributed by atoms with Crippen molar-refractivity contribution < 1.29 is 14.0 Å². The highest BCUT2D eigenvalue weighted by molar-refractivity contribution is 6.09. The van der Waals surface area contributed by atoms with Crippen molar-refractivity contribution in [3.05, 3.63) is 80.9 Å². The maximum absolute atomic E-state index is 14.9. The molecule has 1 aromatic heterocycles. The molecule has 1 aliphatic carbocycles. The fourth-order valence-corrected chi connectivity index (χ4v) is 4.62. The van der Waals surface area contributed by atoms with Crippen LogP contribution in [0, 0.1) is 19.7 Å². The Morgan fingerprint density at radius 1 is 1.19 bits per heavy atom. The van der Waals surface area contributed by atoms with Crippen LogP contribution in [0.3, 0.4) is 0 Å². The molecule has 7 nitrogen and oxygen atoms in total. The molecule has 0 atom stereocenters. The van der Waals surface area contributed by atoms with Crippen molar-refractivity contribution in [1.29, 1.82) is 0 Å². The molecule has 0 aliphatic heterocycles. The van der Waals surface area contributed by atoms with Gasteiger partial charge < -0.3 is 10.2 Å². The summed E-state index contributed by atoms with van der Waals surface area (Å²) >= 11 is 0. The van der Waals surface area contributed by atoms with E-state index in [1.54, 1.807) is 44.0 Å². The number of benzene rings is 2. The largest absolute Gasteiger partial charge is 0.339 e. The van der Waals surface area contributed by atoms with Crippen LogP contribution in [0.4, 0.5) is 27.3 Å². The number of aryl methyl sites for hydroxylation is 2. The van der Waals surface area contributed by atoms with Gasteiger partial charge in [-0.1, -0.05) is 31.5 Å². The molecular formula is C29H33FN4O3. The van der Waals surface area contributed by atoms with E-state index in [4.69, 9.17) is 0 Å². The van der Waals surface area contributed by atoms with Crippen LogP contribution in [0.2, 0.25) is 0 Å². The maximum atomic E-state index is 14.9. The highest BCUT2D eigenvalue weighted by atomic mass is 19.1. The molecule has 2 aromatic carbocycles. The van der Waals surface area contributed by atoms with E-state index in [0.717, 1.165) is 36.8 Å². The van der Waals surface area contributed by atoms with Crippen LogP contribution in [0.5, 0.6) is 0 Å². The van der Waals surface area contributed by atoms with Crippen LogP contribution < -0.4 is 15.8 Å². The van der Waals surface area contributed by atoms with Gasteiger partial charge in [0, 0.05) is 31.4 Å². The van der Waals surface area contributed by atoms with Gasteiger partial charge in [-0.25, -0.2) is 4.39 Å². The molecule has 1 fully saturated rings. The minimum Gasteiger partial charge on any atom is -0.339 e. The van der Waals surface area contributed by atoms with Crippen molar-refractivity contribution >= 4 is 35.2 Å². The van der Waals surface area contributed by atoms with E-state index in [1.807, 2.05) is 18.2 Å². The Bertz CT molecular complexity index is 1410. The van der Waals surface area contributed by atoms with E-state index < -0.39 is 11.4 Å². The van der Waals surface area contributed by atoms with Gasteiger partial charge in [0.25, 0.3) is 11.5 Å². The van der Waals surface area contributed by atoms with Gasteiger partial charge >= 0.3 is 0 Å². The van der Waals surface area contributed by atoms with Crippen molar-refractivity contribution in [2.45, 2.75) is 52.5 Å². The van der Waals surface area contributed by atoms with Gasteiger partial charge in [0.2, 0.25) is 6.41 Å². The van der Waals surface area contributed by atoms with E-state index in [2.05, 4.69) is 12.2 Å². The number of amides is 2. The second kappa shape index (κ2) is 10.6. The quantitative estimate of drug-likeness (QED) is 0.398. The Morgan fingerprint density at radius 3 is 2.54 bits per heavy atom. The highest BCUT2D eigenvalue weighted by Gasteiger charge is 2.35. The lowest BCUT2D eigenvalue weighted by atomic mass is 10.0. The first kappa shape index (κ1) is 26.1. The summed E-state index contributed by atoms with van der Waals surface area (Å²) in [6, 6.07) is 12.3. The van der Waals surface area contributed by atoms with E-state index in [-0.39, 0.29) is 40.3 Å². The number of halogens is 1. The average Bonchev–Trinajstić information content (AvgIpc) is 3.72. The number of pyridine rings is 1. The molecular weight excluding hydrogens is 471 g/mol. The first-order valence-corrected chi connectivity index (χ1v) is 12.5. The standard InChI is InChI=1S/C29H33FN4O3/c1-6-8-20-9-7-10-22(16-20)34(17-35)26-19(3)28(36)33(5)27(25(26)29(37)32(4)21-12-13-21)31-24-14-11-18(2)15-23(24)30/h7,9-11,14-17,21,31H,6,8,12-13H2,1-5H3. The number of hydrogen-bond acceptors (Lipinski definition) is 4. The van der Waals surface area contributed by atoms with Gasteiger partial charge in [-0.05, 0) is 68.5 Å². The van der Waals surface area contributed by atoms with Crippen LogP contribution in [0.15, 0.2) is 47.3 Å². The molecule has 0 spiro atoms. The van der Waals surface area contributed by atoms with Gasteiger partial charge in [-0.3, -0.25) is 23.9 Å². The topological polar surface area (TPSA) is 74.7 Å². The molecule has 2 amide bonds. The lowest BCUT2D eigenvalue weighted by Crippen LogP contribution is -2.35. The molecule has 4 rings (SSSR count). The lowest BCUT2D eigenvalue weighted by Gasteiger charge is -2.28. The number of hydrogen-bond donors (Lipinski definition) is 1. The zero-order valence-electron chi connectivity index (χ0n) is 22.0. The monoisotopic (exact) mass is 504 g/mol. The second-order valence-electron chi connectivity index (χ2n) is 9.71. The van der Waals surface area contributed by atoms with E-state index >= 15 is 0 Å². The van der Waals surface area contributed by atoms with Gasteiger partial charge in [-0.2, -0.15) is 0 Å². The molecule has 0 unspecified atom stereocenters. The maximum Gasteiger partial charge on any atom is 0.259 e. The lowest BCUT2D eigenvalue weighted by molar-refractivity contribution is -0.106. The molecule has 0 radical (unpaired) electrons. The van der Waals surface area contributed by atoms with Crippen LogP contribution in [-0.2, 0) is 18.3 Å². The van der Waals surface area contributed by atoms with E-state index in [1.165, 1.54) is 22.6 Å². The summed E-state index contributed by atoms with van der Waals surface area (Å²) in [5.41, 5.74) is 2.64. The van der Waals surface area contributed by atoms with Crippen molar-refractivity contribution in [3.63, 3.8) is 0 Å². The SMILES string of the molecule is CCCc1cccc(N(C=O)c2c(C(=O)N(C)C3CC3)c(Nc3ccc(C)cc3F)n(C)c(=O)c2C)c1. The van der Waals surface area contributed by atoms with Crippen molar-refractivity contribution in [2.24, 2.45) is 7.05 Å². The molecule has 3 aromatic rings. The van der Waals surface area contributed by atoms with Gasteiger partial charge in [0.05, 0.1) is 11.4 Å². The third-order valence-electron chi connectivity index (χ3n) is 6.87. The zero-order valence-corrected chi connectivity index (χ0v) is 22.0. The van der Waals surface area contributed by atoms with Crippen LogP contribution in [-0.4, -0.2) is 34.9 Å². The Morgan fingerprint density at radius 2 is 1.92 bits per heavy atom. The second-order valence-corrected chi connectivity index (χ2v) is 9.71. The summed E-state index contributed by atoms with van der Waals surface area (Å²) in [5.74, 6) is -0.728. The number of nitrogens with one attached hydrogen (secondary N) is 1. The molecule has 37 heavy (non-hydrogen) atoms. The van der Waals surface area contributed by atoms with Crippen molar-refractivity contribution in [1.82, 2.24) is 9.47 Å². The molecule has 1 saturated carbocycles. The summed E-state index contributed by atoms with van der Waals surface area (Å²) < 4.78 is 16.2. The molecule has 1 N–H and O–H groups in total. The first-order valence-electron chi connectivity index (χ1n) is 12.5. The normalized spacial score (nSPS) is 12.8. The third-order valence-corrected chi connectivity index (χ3v) is 6.87. The summed E-state index contributed by atoms with van der Waals surface area (Å²) in [7, 11) is 3.25. The smallest absolute Gasteiger partial charge is 0.259 e. The Labute approximate surface area is 216 Å². The predicted molar refractivity (Wildman–Crippen MR) is 145 cm³/mol. The van der Waals surface area contributed by atoms with Crippen LogP contribution in [0.1, 0.15) is 53.2 Å². The highest BCUT2D eigenvalue weighted by Crippen LogP contribution is 2.38. The third kappa shape index (κ3) is 5.14. The number of rotatable bonds is 9. The van der Waals surface area contributed by atoms with Gasteiger partial charge in [-0.15, -0.1) is 0 Å². The van der Waals surface area contributed by atoms with Crippen LogP contribution >= 0.6 is 0 Å². The fraction of sp³-hybridized carbons (Fsp3) is 0.345. The average molecular weight is 505 g/mol.